The lowest BCUT2D eigenvalue weighted by atomic mass is 10.3. The first-order valence-electron chi connectivity index (χ1n) is 11.2. The van der Waals surface area contributed by atoms with Crippen LogP contribution in [0.3, 0.4) is 0 Å². The largest absolute Gasteiger partial charge is 0.494 e. The van der Waals surface area contributed by atoms with Gasteiger partial charge in [-0.2, -0.15) is 5.10 Å². The van der Waals surface area contributed by atoms with E-state index in [1.165, 1.54) is 11.3 Å². The van der Waals surface area contributed by atoms with Gasteiger partial charge in [0.25, 0.3) is 5.91 Å². The van der Waals surface area contributed by atoms with Crippen LogP contribution in [-0.2, 0) is 4.74 Å². The summed E-state index contributed by atoms with van der Waals surface area (Å²) in [5.74, 6) is 0.478. The number of methoxy groups -OCH3 is 1. The van der Waals surface area contributed by atoms with Gasteiger partial charge in [-0.15, -0.1) is 12.4 Å². The van der Waals surface area contributed by atoms with Crippen molar-refractivity contribution in [2.24, 2.45) is 0 Å². The van der Waals surface area contributed by atoms with Crippen LogP contribution >= 0.6 is 35.3 Å². The standard InChI is InChI=1S/C23H30ClN5O3S.ClH/c1-15(2)29-16(3)14-18(26-29)22(30)28(9-5-8-27-10-12-32-13-11-27)23-25-20-19(31-4)7-6-17(24)21(20)33-23;/h6-7,14-15H,5,8-13H2,1-4H3;1H. The normalized spacial score (nSPS) is 14.4. The molecule has 0 saturated carbocycles. The number of ether oxygens (including phenoxy) is 2. The molecule has 1 fully saturated rings. The first kappa shape index (κ1) is 26.7. The molecule has 2 aromatic heterocycles. The van der Waals surface area contributed by atoms with E-state index in [-0.39, 0.29) is 24.4 Å². The summed E-state index contributed by atoms with van der Waals surface area (Å²) in [4.78, 5) is 22.5. The summed E-state index contributed by atoms with van der Waals surface area (Å²) in [6.45, 7) is 10.8. The first-order valence-corrected chi connectivity index (χ1v) is 12.4. The second-order valence-electron chi connectivity index (χ2n) is 8.40. The minimum absolute atomic E-state index is 0. The second-order valence-corrected chi connectivity index (χ2v) is 9.78. The summed E-state index contributed by atoms with van der Waals surface area (Å²) in [5.41, 5.74) is 2.04. The van der Waals surface area contributed by atoms with Crippen LogP contribution in [0.5, 0.6) is 5.75 Å². The van der Waals surface area contributed by atoms with Gasteiger partial charge in [0.1, 0.15) is 11.3 Å². The Kier molecular flexibility index (Phi) is 9.17. The van der Waals surface area contributed by atoms with E-state index in [0.717, 1.165) is 49.7 Å². The Labute approximate surface area is 215 Å². The van der Waals surface area contributed by atoms with E-state index in [2.05, 4.69) is 23.8 Å². The lowest BCUT2D eigenvalue weighted by Gasteiger charge is -2.27. The van der Waals surface area contributed by atoms with Crippen molar-refractivity contribution in [1.29, 1.82) is 0 Å². The van der Waals surface area contributed by atoms with Gasteiger partial charge >= 0.3 is 0 Å². The minimum atomic E-state index is -0.159. The van der Waals surface area contributed by atoms with Gasteiger partial charge in [0.15, 0.2) is 10.8 Å². The third-order valence-electron chi connectivity index (χ3n) is 5.73. The zero-order chi connectivity index (χ0) is 23.5. The Morgan fingerprint density at radius 1 is 1.32 bits per heavy atom. The number of anilines is 1. The fraction of sp³-hybridized carbons (Fsp3) is 0.522. The number of amides is 1. The number of carbonyl (C=O) groups is 1. The molecule has 1 aliphatic heterocycles. The number of hydrogen-bond donors (Lipinski definition) is 0. The summed E-state index contributed by atoms with van der Waals surface area (Å²) in [5, 5.41) is 5.77. The summed E-state index contributed by atoms with van der Waals surface area (Å²) in [7, 11) is 1.61. The molecule has 0 aliphatic carbocycles. The predicted molar refractivity (Wildman–Crippen MR) is 139 cm³/mol. The van der Waals surface area contributed by atoms with Gasteiger partial charge in [0.2, 0.25) is 0 Å². The number of morpholine rings is 1. The van der Waals surface area contributed by atoms with Crippen molar-refractivity contribution >= 4 is 56.6 Å². The number of benzene rings is 1. The quantitative estimate of drug-likeness (QED) is 0.417. The molecule has 3 heterocycles. The molecule has 1 aliphatic rings. The maximum Gasteiger partial charge on any atom is 0.280 e. The molecule has 0 atom stereocenters. The number of hydrogen-bond acceptors (Lipinski definition) is 7. The highest BCUT2D eigenvalue weighted by Crippen LogP contribution is 2.39. The van der Waals surface area contributed by atoms with Gasteiger partial charge < -0.3 is 9.47 Å². The summed E-state index contributed by atoms with van der Waals surface area (Å²) >= 11 is 7.84. The van der Waals surface area contributed by atoms with E-state index >= 15 is 0 Å². The highest BCUT2D eigenvalue weighted by Gasteiger charge is 2.26. The molecular formula is C23H31Cl2N5O3S. The topological polar surface area (TPSA) is 72.7 Å². The van der Waals surface area contributed by atoms with Crippen molar-refractivity contribution < 1.29 is 14.3 Å². The van der Waals surface area contributed by atoms with Crippen LogP contribution in [0, 0.1) is 6.92 Å². The zero-order valence-corrected chi connectivity index (χ0v) is 22.3. The van der Waals surface area contributed by atoms with E-state index in [0.29, 0.717) is 33.7 Å². The van der Waals surface area contributed by atoms with Gasteiger partial charge in [0, 0.05) is 37.9 Å². The minimum Gasteiger partial charge on any atom is -0.494 e. The molecule has 1 saturated heterocycles. The van der Waals surface area contributed by atoms with Gasteiger partial charge in [-0.3, -0.25) is 19.3 Å². The van der Waals surface area contributed by atoms with Gasteiger partial charge in [0.05, 0.1) is 30.0 Å². The van der Waals surface area contributed by atoms with Gasteiger partial charge in [-0.25, -0.2) is 4.98 Å². The lowest BCUT2D eigenvalue weighted by molar-refractivity contribution is 0.0376. The van der Waals surface area contributed by atoms with Gasteiger partial charge in [-0.1, -0.05) is 22.9 Å². The summed E-state index contributed by atoms with van der Waals surface area (Å²) in [6, 6.07) is 5.61. The molecule has 34 heavy (non-hydrogen) atoms. The number of rotatable bonds is 8. The Balaban J connectivity index is 0.00000324. The second kappa shape index (κ2) is 11.7. The Morgan fingerprint density at radius 3 is 2.71 bits per heavy atom. The van der Waals surface area contributed by atoms with Crippen LogP contribution in [-0.4, -0.2) is 72.1 Å². The Bertz CT molecular complexity index is 1130. The lowest BCUT2D eigenvalue weighted by Crippen LogP contribution is -2.39. The highest BCUT2D eigenvalue weighted by molar-refractivity contribution is 7.23. The SMILES string of the molecule is COc1ccc(Cl)c2sc(N(CCCN3CCOCC3)C(=O)c3cc(C)n(C(C)C)n3)nc12.Cl. The number of aromatic nitrogens is 3. The smallest absolute Gasteiger partial charge is 0.280 e. The number of nitrogens with zero attached hydrogens (tertiary/aromatic N) is 5. The number of aryl methyl sites for hydroxylation is 1. The molecule has 186 valence electrons. The molecule has 11 heteroatoms. The summed E-state index contributed by atoms with van der Waals surface area (Å²) < 4.78 is 13.6. The fourth-order valence-electron chi connectivity index (χ4n) is 4.04. The van der Waals surface area contributed by atoms with E-state index in [1.54, 1.807) is 24.1 Å². The molecule has 8 nitrogen and oxygen atoms in total. The average Bonchev–Trinajstić information content (AvgIpc) is 3.42. The van der Waals surface area contributed by atoms with Crippen LogP contribution in [0.4, 0.5) is 5.13 Å². The number of fused-ring (bicyclic) bond motifs is 1. The molecule has 1 amide bonds. The van der Waals surface area contributed by atoms with E-state index in [4.69, 9.17) is 26.1 Å². The molecule has 0 bridgehead atoms. The maximum atomic E-state index is 13.7. The molecule has 1 aromatic carbocycles. The van der Waals surface area contributed by atoms with E-state index < -0.39 is 0 Å². The predicted octanol–water partition coefficient (Wildman–Crippen LogP) is 4.84. The van der Waals surface area contributed by atoms with Crippen LogP contribution in [0.25, 0.3) is 10.2 Å². The Hall–Kier alpha value is -1.91. The van der Waals surface area contributed by atoms with E-state index in [9.17, 15) is 4.79 Å². The van der Waals surface area contributed by atoms with Crippen molar-refractivity contribution in [3.05, 3.63) is 34.6 Å². The van der Waals surface area contributed by atoms with Crippen LogP contribution in [0.1, 0.15) is 42.5 Å². The van der Waals surface area contributed by atoms with Crippen LogP contribution < -0.4 is 9.64 Å². The van der Waals surface area contributed by atoms with Crippen molar-refractivity contribution in [2.45, 2.75) is 33.2 Å². The molecule has 0 radical (unpaired) electrons. The molecule has 3 aromatic rings. The molecule has 0 N–H and O–H groups in total. The number of thiazole rings is 1. The van der Waals surface area contributed by atoms with Crippen molar-refractivity contribution in [2.75, 3.05) is 51.4 Å². The molecule has 4 rings (SSSR count). The monoisotopic (exact) mass is 527 g/mol. The third kappa shape index (κ3) is 5.66. The zero-order valence-electron chi connectivity index (χ0n) is 19.9. The Morgan fingerprint density at radius 2 is 2.06 bits per heavy atom. The van der Waals surface area contributed by atoms with Crippen molar-refractivity contribution in [3.8, 4) is 5.75 Å². The van der Waals surface area contributed by atoms with Crippen LogP contribution in [0.2, 0.25) is 5.02 Å². The van der Waals surface area contributed by atoms with Crippen LogP contribution in [0.15, 0.2) is 18.2 Å². The molecular weight excluding hydrogens is 497 g/mol. The van der Waals surface area contributed by atoms with Crippen molar-refractivity contribution in [1.82, 2.24) is 19.7 Å². The molecule has 0 unspecified atom stereocenters. The third-order valence-corrected chi connectivity index (χ3v) is 7.27. The number of carbonyl (C=O) groups excluding carboxylic acids is 1. The highest BCUT2D eigenvalue weighted by atomic mass is 35.5. The first-order chi connectivity index (χ1) is 15.9. The summed E-state index contributed by atoms with van der Waals surface area (Å²) in [6.07, 6.45) is 0.816. The maximum absolute atomic E-state index is 13.7. The molecule has 0 spiro atoms. The fourth-order valence-corrected chi connectivity index (χ4v) is 5.32. The number of halogens is 2. The van der Waals surface area contributed by atoms with E-state index in [1.807, 2.05) is 17.7 Å². The average molecular weight is 529 g/mol. The van der Waals surface area contributed by atoms with Gasteiger partial charge in [-0.05, 0) is 45.4 Å². The van der Waals surface area contributed by atoms with Crippen molar-refractivity contribution in [3.63, 3.8) is 0 Å².